The fourth-order valence-corrected chi connectivity index (χ4v) is 0. The van der Waals surface area contributed by atoms with E-state index < -0.39 is 4.68 Å². The predicted octanol–water partition coefficient (Wildman–Crippen LogP) is -0.973. The van der Waals surface area contributed by atoms with E-state index in [1.165, 1.54) is 17.4 Å². The Bertz CT molecular complexity index is 32.6. The van der Waals surface area contributed by atoms with Crippen LogP contribution in [0.1, 0.15) is 0 Å². The summed E-state index contributed by atoms with van der Waals surface area (Å²) < 4.78 is -0.896. The fourth-order valence-electron chi connectivity index (χ4n) is 0. The second kappa shape index (κ2) is 4.94. The third kappa shape index (κ3) is 48.5. The molecule has 30 valence electrons. The molecule has 2 nitrogen and oxygen atoms in total. The molecule has 0 aromatic carbocycles. The van der Waals surface area contributed by atoms with E-state index in [1.807, 2.05) is 0 Å². The second-order valence-corrected chi connectivity index (χ2v) is 0.880. The summed E-state index contributed by atoms with van der Waals surface area (Å²) in [5.41, 5.74) is 0. The Balaban J connectivity index is 0. The van der Waals surface area contributed by atoms with Gasteiger partial charge in [0.05, 0.1) is 0 Å². The first kappa shape index (κ1) is 9.34. The van der Waals surface area contributed by atoms with Crippen LogP contribution in [-0.2, 0) is 17.4 Å². The van der Waals surface area contributed by atoms with Crippen molar-refractivity contribution in [2.24, 2.45) is 0 Å². The molecule has 0 amide bonds. The monoisotopic (exact) mass is 308 g/mol. The minimum atomic E-state index is -0.896. The van der Waals surface area contributed by atoms with Gasteiger partial charge in [-0.15, -0.1) is 0 Å². The summed E-state index contributed by atoms with van der Waals surface area (Å²) in [5, 5.41) is 7.39. The molecule has 0 spiro atoms. The van der Waals surface area contributed by atoms with E-state index in [9.17, 15) is 0 Å². The van der Waals surface area contributed by atoms with Crippen LogP contribution in [-0.4, -0.2) is 36.0 Å². The van der Waals surface area contributed by atoms with Crippen molar-refractivity contribution in [3.63, 3.8) is 0 Å². The Hall–Kier alpha value is 0.938. The van der Waals surface area contributed by atoms with Crippen molar-refractivity contribution >= 4 is 30.9 Å². The zero-order chi connectivity index (χ0) is 3.58. The van der Waals surface area contributed by atoms with Crippen molar-refractivity contribution in [1.82, 2.24) is 0 Å². The predicted molar refractivity (Wildman–Crippen MR) is 18.0 cm³/mol. The van der Waals surface area contributed by atoms with Gasteiger partial charge < -0.3 is 0 Å². The second-order valence-electron chi connectivity index (χ2n) is 0.283. The average Bonchev–Trinajstić information content (AvgIpc) is 0.811. The van der Waals surface area contributed by atoms with Crippen LogP contribution >= 0.6 is 0 Å². The normalized spacial score (nSPS) is 4.80. The van der Waals surface area contributed by atoms with Crippen molar-refractivity contribution in [1.29, 1.82) is 0 Å². The van der Waals surface area contributed by atoms with Crippen LogP contribution in [0.3, 0.4) is 0 Å². The molecule has 0 rings (SSSR count). The molecule has 0 aliphatic rings. The quantitative estimate of drug-likeness (QED) is 0.585. The van der Waals surface area contributed by atoms with E-state index in [0.717, 1.165) is 0 Å². The third-order valence-corrected chi connectivity index (χ3v) is 0. The first-order chi connectivity index (χ1) is 1.73. The number of hydrogen-bond acceptors (Lipinski definition) is 1. The molecule has 0 unspecified atom stereocenters. The first-order valence-electron chi connectivity index (χ1n) is 0.651. The molecule has 1 N–H and O–H groups in total. The molecule has 0 heterocycles. The summed E-state index contributed by atoms with van der Waals surface area (Å²) >= 11 is 1.45. The maximum atomic E-state index is 8.97. The van der Waals surface area contributed by atoms with Crippen molar-refractivity contribution < 1.29 is 27.3 Å². The summed E-state index contributed by atoms with van der Waals surface area (Å²) in [7, 11) is 0. The van der Waals surface area contributed by atoms with Gasteiger partial charge >= 0.3 is 58.2 Å². The Morgan fingerprint density at radius 2 is 1.80 bits per heavy atom. The molecule has 0 aromatic rings. The van der Waals surface area contributed by atoms with Crippen molar-refractivity contribution in [3.05, 3.63) is 0 Å². The molecule has 5 heavy (non-hydrogen) atoms. The Labute approximate surface area is 58.0 Å². The van der Waals surface area contributed by atoms with Crippen LogP contribution in [0, 0.1) is 0 Å². The number of carboxylic acid groups (broad SMARTS) is 1. The molecule has 0 saturated heterocycles. The molecule has 0 fully saturated rings. The zero-order valence-electron chi connectivity index (χ0n) is 2.51. The topological polar surface area (TPSA) is 37.3 Å². The standard InChI is InChI=1S/CHO2.Bi.V.3H/c2-1-3;;;;;/h(H,2,3);;;;;. The van der Waals surface area contributed by atoms with E-state index >= 15 is 0 Å². The average molecular weight is 308 g/mol. The van der Waals surface area contributed by atoms with E-state index in [-0.39, 0.29) is 26.2 Å². The molecule has 0 aliphatic carbocycles. The van der Waals surface area contributed by atoms with Crippen molar-refractivity contribution in [2.45, 2.75) is 0 Å². The molecular formula is CH4BiO2V. The van der Waals surface area contributed by atoms with Gasteiger partial charge in [-0.2, -0.15) is 0 Å². The molecule has 4 heteroatoms. The Morgan fingerprint density at radius 3 is 1.80 bits per heavy atom. The summed E-state index contributed by atoms with van der Waals surface area (Å²) in [6.45, 7) is 0. The van der Waals surface area contributed by atoms with Gasteiger partial charge in [-0.3, -0.25) is 0 Å². The van der Waals surface area contributed by atoms with E-state index in [4.69, 9.17) is 9.90 Å². The third-order valence-electron chi connectivity index (χ3n) is 0. The SMILES string of the molecule is O=[C](O)[V].[BiH3]. The summed E-state index contributed by atoms with van der Waals surface area (Å²) in [6, 6.07) is 0. The minimum absolute atomic E-state index is 0. The van der Waals surface area contributed by atoms with Gasteiger partial charge in [-0.1, -0.05) is 0 Å². The van der Waals surface area contributed by atoms with Crippen LogP contribution < -0.4 is 0 Å². The number of hydrogen-bond donors (Lipinski definition) is 1. The molecule has 0 saturated carbocycles. The summed E-state index contributed by atoms with van der Waals surface area (Å²) in [5.74, 6) is 0. The Morgan fingerprint density at radius 1 is 1.80 bits per heavy atom. The molecular weight excluding hydrogens is 304 g/mol. The van der Waals surface area contributed by atoms with Gasteiger partial charge in [0, 0.05) is 0 Å². The fraction of sp³-hybridized carbons (Fsp3) is 0. The van der Waals surface area contributed by atoms with E-state index in [2.05, 4.69) is 0 Å². The number of rotatable bonds is 0. The van der Waals surface area contributed by atoms with Gasteiger partial charge in [0.15, 0.2) is 0 Å². The number of carbonyl (C=O) groups is 1. The molecule has 0 aliphatic heterocycles. The van der Waals surface area contributed by atoms with Crippen molar-refractivity contribution in [3.8, 4) is 0 Å². The van der Waals surface area contributed by atoms with Gasteiger partial charge in [-0.05, 0) is 0 Å². The summed E-state index contributed by atoms with van der Waals surface area (Å²) in [6.07, 6.45) is 0. The van der Waals surface area contributed by atoms with Crippen LogP contribution in [0.4, 0.5) is 4.79 Å². The van der Waals surface area contributed by atoms with E-state index in [0.29, 0.717) is 0 Å². The molecule has 0 aromatic heterocycles. The first-order valence-corrected chi connectivity index (χ1v) is 1.35. The van der Waals surface area contributed by atoms with Crippen molar-refractivity contribution in [2.75, 3.05) is 0 Å². The Kier molecular flexibility index (Phi) is 9.22. The van der Waals surface area contributed by atoms with Crippen LogP contribution in [0.5, 0.6) is 0 Å². The zero-order valence-corrected chi connectivity index (χ0v) is 9.40. The van der Waals surface area contributed by atoms with E-state index in [1.54, 1.807) is 0 Å². The molecule has 0 bridgehead atoms. The van der Waals surface area contributed by atoms with Crippen LogP contribution in [0.15, 0.2) is 0 Å². The van der Waals surface area contributed by atoms with Gasteiger partial charge in [-0.25, -0.2) is 0 Å². The van der Waals surface area contributed by atoms with Crippen LogP contribution in [0.2, 0.25) is 0 Å². The maximum absolute atomic E-state index is 8.97. The van der Waals surface area contributed by atoms with Gasteiger partial charge in [0.1, 0.15) is 0 Å². The molecule has 0 atom stereocenters. The van der Waals surface area contributed by atoms with Crippen LogP contribution in [0.25, 0.3) is 0 Å². The van der Waals surface area contributed by atoms with Gasteiger partial charge in [0.25, 0.3) is 0 Å². The van der Waals surface area contributed by atoms with Gasteiger partial charge in [0.2, 0.25) is 0 Å². The molecule has 0 radical (unpaired) electrons. The summed E-state index contributed by atoms with van der Waals surface area (Å²) in [4.78, 5) is 8.97.